The van der Waals surface area contributed by atoms with Gasteiger partial charge in [-0.05, 0) is 49.2 Å². The molecule has 3 N–H and O–H groups in total. The molecule has 0 atom stereocenters. The quantitative estimate of drug-likeness (QED) is 0.221. The van der Waals surface area contributed by atoms with E-state index >= 15 is 0 Å². The van der Waals surface area contributed by atoms with Crippen LogP contribution in [0.1, 0.15) is 49.8 Å². The normalized spacial score (nSPS) is 11.3. The lowest BCUT2D eigenvalue weighted by molar-refractivity contribution is -0.140. The highest BCUT2D eigenvalue weighted by Crippen LogP contribution is 2.36. The minimum Gasteiger partial charge on any atom is -0.396 e. The molecule has 2 aromatic heterocycles. The molecule has 0 aliphatic carbocycles. The SMILES string of the molecule is Cc1c(NC(=O)c2cc(C(=O)NCCCO)nc3cc(F)ccc23)c(C(F)(F)F)nn1Cc1ccc(C#N)cc1. The van der Waals surface area contributed by atoms with Crippen molar-refractivity contribution in [1.82, 2.24) is 20.1 Å². The Bertz CT molecular complexity index is 1620. The minimum atomic E-state index is -4.91. The Balaban J connectivity index is 1.73. The molecule has 0 spiro atoms. The van der Waals surface area contributed by atoms with E-state index in [1.165, 1.54) is 25.1 Å². The Morgan fingerprint density at radius 3 is 2.48 bits per heavy atom. The van der Waals surface area contributed by atoms with Crippen LogP contribution in [0.15, 0.2) is 48.5 Å². The molecule has 0 aliphatic rings. The van der Waals surface area contributed by atoms with Crippen molar-refractivity contribution in [1.29, 1.82) is 5.26 Å². The molecule has 2 aromatic carbocycles. The first-order chi connectivity index (χ1) is 19.0. The molecule has 206 valence electrons. The molecule has 0 unspecified atom stereocenters. The number of fused-ring (bicyclic) bond motifs is 1. The largest absolute Gasteiger partial charge is 0.437 e. The fourth-order valence-corrected chi connectivity index (χ4v) is 3.96. The van der Waals surface area contributed by atoms with E-state index in [1.54, 1.807) is 12.1 Å². The van der Waals surface area contributed by atoms with Gasteiger partial charge < -0.3 is 15.7 Å². The topological polar surface area (TPSA) is 133 Å². The van der Waals surface area contributed by atoms with E-state index in [4.69, 9.17) is 10.4 Å². The van der Waals surface area contributed by atoms with Crippen LogP contribution in [0.3, 0.4) is 0 Å². The lowest BCUT2D eigenvalue weighted by Crippen LogP contribution is -2.26. The van der Waals surface area contributed by atoms with E-state index in [1.807, 2.05) is 6.07 Å². The van der Waals surface area contributed by atoms with Gasteiger partial charge in [0.05, 0.1) is 40.6 Å². The molecule has 2 heterocycles. The number of aromatic nitrogens is 3. The van der Waals surface area contributed by atoms with Crippen molar-refractivity contribution in [2.75, 3.05) is 18.5 Å². The molecule has 0 radical (unpaired) electrons. The zero-order chi connectivity index (χ0) is 29.0. The van der Waals surface area contributed by atoms with Crippen molar-refractivity contribution in [3.8, 4) is 6.07 Å². The monoisotopic (exact) mass is 554 g/mol. The summed E-state index contributed by atoms with van der Waals surface area (Å²) >= 11 is 0. The highest BCUT2D eigenvalue weighted by atomic mass is 19.4. The van der Waals surface area contributed by atoms with Gasteiger partial charge in [-0.3, -0.25) is 14.3 Å². The summed E-state index contributed by atoms with van der Waals surface area (Å²) < 4.78 is 56.9. The number of nitriles is 1. The van der Waals surface area contributed by atoms with Gasteiger partial charge in [-0.25, -0.2) is 9.37 Å². The van der Waals surface area contributed by atoms with Gasteiger partial charge in [0.2, 0.25) is 0 Å². The van der Waals surface area contributed by atoms with Crippen molar-refractivity contribution in [2.24, 2.45) is 0 Å². The van der Waals surface area contributed by atoms with Gasteiger partial charge >= 0.3 is 6.18 Å². The first kappa shape index (κ1) is 28.2. The van der Waals surface area contributed by atoms with Gasteiger partial charge in [0.15, 0.2) is 5.69 Å². The molecule has 13 heteroatoms. The summed E-state index contributed by atoms with van der Waals surface area (Å²) in [5.41, 5.74) is -1.44. The van der Waals surface area contributed by atoms with E-state index in [9.17, 15) is 27.2 Å². The van der Waals surface area contributed by atoms with Crippen LogP contribution in [-0.2, 0) is 12.7 Å². The molecule has 4 aromatic rings. The maximum atomic E-state index is 14.0. The summed E-state index contributed by atoms with van der Waals surface area (Å²) in [6.45, 7) is 1.23. The Morgan fingerprint density at radius 2 is 1.82 bits per heavy atom. The molecule has 0 saturated heterocycles. The molecular weight excluding hydrogens is 532 g/mol. The number of benzene rings is 2. The maximum Gasteiger partial charge on any atom is 0.437 e. The van der Waals surface area contributed by atoms with Crippen LogP contribution in [-0.4, -0.2) is 44.8 Å². The van der Waals surface area contributed by atoms with E-state index in [2.05, 4.69) is 20.7 Å². The third-order valence-electron chi connectivity index (χ3n) is 6.00. The number of pyridine rings is 1. The molecule has 0 saturated carbocycles. The van der Waals surface area contributed by atoms with Crippen LogP contribution in [0.2, 0.25) is 0 Å². The van der Waals surface area contributed by atoms with Gasteiger partial charge in [-0.15, -0.1) is 0 Å². The molecule has 4 rings (SSSR count). The van der Waals surface area contributed by atoms with Gasteiger partial charge in [0.1, 0.15) is 11.5 Å². The maximum absolute atomic E-state index is 14.0. The number of amides is 2. The standard InChI is InChI=1S/C27H22F4N6O3/c1-15-23(24(27(29,30)31)36-37(15)14-17-5-3-16(13-32)4-6-17)35-25(39)20-12-22(26(40)33-9-2-10-38)34-21-11-18(28)7-8-19(20)21/h3-8,11-12,38H,2,9-10,14H2,1H3,(H,33,40)(H,35,39). The number of halogens is 4. The van der Waals surface area contributed by atoms with Gasteiger partial charge in [0, 0.05) is 24.6 Å². The number of carbonyl (C=O) groups is 2. The average Bonchev–Trinajstić information content (AvgIpc) is 3.23. The van der Waals surface area contributed by atoms with Gasteiger partial charge in [-0.1, -0.05) is 12.1 Å². The van der Waals surface area contributed by atoms with Crippen molar-refractivity contribution < 1.29 is 32.3 Å². The number of nitrogens with one attached hydrogen (secondary N) is 2. The van der Waals surface area contributed by atoms with Crippen LogP contribution in [0.25, 0.3) is 10.9 Å². The number of rotatable bonds is 8. The highest BCUT2D eigenvalue weighted by Gasteiger charge is 2.39. The van der Waals surface area contributed by atoms with Crippen molar-refractivity contribution in [3.05, 3.63) is 88.1 Å². The molecular formula is C27H22F4N6O3. The Labute approximate surface area is 225 Å². The number of nitrogens with zero attached hydrogens (tertiary/aromatic N) is 4. The molecule has 9 nitrogen and oxygen atoms in total. The molecule has 0 bridgehead atoms. The second-order valence-electron chi connectivity index (χ2n) is 8.78. The predicted molar refractivity (Wildman–Crippen MR) is 136 cm³/mol. The second kappa shape index (κ2) is 11.5. The zero-order valence-electron chi connectivity index (χ0n) is 21.0. The van der Waals surface area contributed by atoms with Crippen molar-refractivity contribution in [3.63, 3.8) is 0 Å². The van der Waals surface area contributed by atoms with E-state index in [0.29, 0.717) is 11.1 Å². The molecule has 0 fully saturated rings. The van der Waals surface area contributed by atoms with Crippen LogP contribution in [0, 0.1) is 24.1 Å². The Kier molecular flexibility index (Phi) is 8.11. The Hall–Kier alpha value is -4.83. The highest BCUT2D eigenvalue weighted by molar-refractivity contribution is 6.14. The number of anilines is 1. The lowest BCUT2D eigenvalue weighted by atomic mass is 10.1. The summed E-state index contributed by atoms with van der Waals surface area (Å²) in [6.07, 6.45) is -4.66. The van der Waals surface area contributed by atoms with Crippen molar-refractivity contribution >= 4 is 28.4 Å². The molecule has 40 heavy (non-hydrogen) atoms. The second-order valence-corrected chi connectivity index (χ2v) is 8.78. The number of carbonyl (C=O) groups excluding carboxylic acids is 2. The summed E-state index contributed by atoms with van der Waals surface area (Å²) in [4.78, 5) is 30.1. The third kappa shape index (κ3) is 6.08. The lowest BCUT2D eigenvalue weighted by Gasteiger charge is -2.12. The van der Waals surface area contributed by atoms with Crippen LogP contribution < -0.4 is 10.6 Å². The summed E-state index contributed by atoms with van der Waals surface area (Å²) in [5.74, 6) is -2.39. The van der Waals surface area contributed by atoms with E-state index in [-0.39, 0.29) is 54.0 Å². The zero-order valence-corrected chi connectivity index (χ0v) is 21.0. The number of alkyl halides is 3. The first-order valence-electron chi connectivity index (χ1n) is 12.0. The van der Waals surface area contributed by atoms with Gasteiger partial charge in [0.25, 0.3) is 11.8 Å². The Morgan fingerprint density at radius 1 is 1.10 bits per heavy atom. The number of hydrogen-bond acceptors (Lipinski definition) is 6. The smallest absolute Gasteiger partial charge is 0.396 e. The van der Waals surface area contributed by atoms with Crippen LogP contribution in [0.5, 0.6) is 0 Å². The number of aliphatic hydroxyl groups excluding tert-OH is 1. The molecule has 0 aliphatic heterocycles. The summed E-state index contributed by atoms with van der Waals surface area (Å²) in [6, 6.07) is 12.6. The molecule has 2 amide bonds. The van der Waals surface area contributed by atoms with Gasteiger partial charge in [-0.2, -0.15) is 23.5 Å². The fraction of sp³-hybridized carbons (Fsp3) is 0.222. The first-order valence-corrected chi connectivity index (χ1v) is 12.0. The van der Waals surface area contributed by atoms with Crippen molar-refractivity contribution in [2.45, 2.75) is 26.1 Å². The fourth-order valence-electron chi connectivity index (χ4n) is 3.96. The average molecular weight is 555 g/mol. The summed E-state index contributed by atoms with van der Waals surface area (Å²) in [7, 11) is 0. The van der Waals surface area contributed by atoms with E-state index in [0.717, 1.165) is 22.9 Å². The number of hydrogen-bond donors (Lipinski definition) is 3. The predicted octanol–water partition coefficient (Wildman–Crippen LogP) is 4.18. The van der Waals surface area contributed by atoms with Crippen LogP contribution in [0.4, 0.5) is 23.2 Å². The van der Waals surface area contributed by atoms with E-state index < -0.39 is 35.2 Å². The third-order valence-corrected chi connectivity index (χ3v) is 6.00. The number of aliphatic hydroxyl groups is 1. The summed E-state index contributed by atoms with van der Waals surface area (Å²) in [5, 5.41) is 26.5. The van der Waals surface area contributed by atoms with Crippen LogP contribution >= 0.6 is 0 Å². The minimum absolute atomic E-state index is 0.0106.